The second-order valence-electron chi connectivity index (χ2n) is 7.34. The van der Waals surface area contributed by atoms with Gasteiger partial charge in [-0.15, -0.1) is 10.2 Å². The molecule has 2 heterocycles. The molecule has 1 aromatic carbocycles. The third-order valence-electron chi connectivity index (χ3n) is 4.99. The second kappa shape index (κ2) is 8.39. The predicted molar refractivity (Wildman–Crippen MR) is 118 cm³/mol. The minimum atomic E-state index is -0.361. The Labute approximate surface area is 179 Å². The molecule has 2 aliphatic rings. The van der Waals surface area contributed by atoms with E-state index in [1.807, 2.05) is 61.9 Å². The summed E-state index contributed by atoms with van der Waals surface area (Å²) >= 11 is 1.47. The van der Waals surface area contributed by atoms with Crippen LogP contribution in [0, 0.1) is 19.8 Å². The van der Waals surface area contributed by atoms with Gasteiger partial charge in [-0.05, 0) is 38.5 Å². The van der Waals surface area contributed by atoms with E-state index in [9.17, 15) is 4.79 Å². The summed E-state index contributed by atoms with van der Waals surface area (Å²) < 4.78 is 7.83. The lowest BCUT2D eigenvalue weighted by Gasteiger charge is -2.20. The number of aryl methyl sites for hydroxylation is 2. The normalized spacial score (nSPS) is 18.7. The van der Waals surface area contributed by atoms with Gasteiger partial charge >= 0.3 is 0 Å². The number of allylic oxidation sites excluding steroid dienone is 3. The van der Waals surface area contributed by atoms with E-state index in [1.165, 1.54) is 17.3 Å². The topological polar surface area (TPSA) is 81.7 Å². The van der Waals surface area contributed by atoms with Crippen LogP contribution in [0.25, 0.3) is 0 Å². The van der Waals surface area contributed by atoms with Crippen LogP contribution in [0.15, 0.2) is 57.6 Å². The summed E-state index contributed by atoms with van der Waals surface area (Å²) in [5.41, 5.74) is 3.02. The number of ether oxygens (including phenoxy) is 1. The van der Waals surface area contributed by atoms with Crippen LogP contribution in [0.5, 0.6) is 5.75 Å². The summed E-state index contributed by atoms with van der Waals surface area (Å²) in [5, 5.41) is 9.12. The Balaban J connectivity index is 1.44. The first-order valence-corrected chi connectivity index (χ1v) is 10.6. The highest BCUT2D eigenvalue weighted by Crippen LogP contribution is 2.27. The van der Waals surface area contributed by atoms with Gasteiger partial charge in [0.05, 0.1) is 11.0 Å². The Hall–Kier alpha value is -3.00. The molecule has 0 fully saturated rings. The van der Waals surface area contributed by atoms with Gasteiger partial charge in [0.15, 0.2) is 11.0 Å². The van der Waals surface area contributed by atoms with Crippen LogP contribution >= 0.6 is 11.8 Å². The highest BCUT2D eigenvalue weighted by molar-refractivity contribution is 8.00. The third kappa shape index (κ3) is 4.14. The highest BCUT2D eigenvalue weighted by Gasteiger charge is 2.29. The third-order valence-corrected chi connectivity index (χ3v) is 6.12. The molecule has 0 bridgehead atoms. The summed E-state index contributed by atoms with van der Waals surface area (Å²) in [6.07, 6.45) is 7.42. The van der Waals surface area contributed by atoms with Gasteiger partial charge in [0.25, 0.3) is 5.91 Å². The number of nitrogens with zero attached hydrogens (tertiary/aromatic N) is 5. The molecule has 1 amide bonds. The molecular weight excluding hydrogens is 398 g/mol. The lowest BCUT2D eigenvalue weighted by Crippen LogP contribution is -2.30. The minimum Gasteiger partial charge on any atom is -0.485 e. The Kier molecular flexibility index (Phi) is 5.67. The molecule has 0 radical (unpaired) electrons. The van der Waals surface area contributed by atoms with Gasteiger partial charge in [0.1, 0.15) is 24.1 Å². The Morgan fingerprint density at radius 2 is 2.03 bits per heavy atom. The van der Waals surface area contributed by atoms with Crippen molar-refractivity contribution in [1.82, 2.24) is 14.8 Å². The Bertz CT molecular complexity index is 1110. The number of amides is 1. The number of hydrogen-bond acceptors (Lipinski definition) is 6. The van der Waals surface area contributed by atoms with Crippen molar-refractivity contribution in [2.24, 2.45) is 23.0 Å². The molecule has 2 unspecified atom stereocenters. The van der Waals surface area contributed by atoms with Crippen molar-refractivity contribution in [2.75, 3.05) is 0 Å². The Morgan fingerprint density at radius 1 is 1.20 bits per heavy atom. The van der Waals surface area contributed by atoms with Crippen LogP contribution in [-0.2, 0) is 18.4 Å². The van der Waals surface area contributed by atoms with Crippen LogP contribution in [-0.4, -0.2) is 37.5 Å². The van der Waals surface area contributed by atoms with Crippen molar-refractivity contribution in [3.05, 3.63) is 59.5 Å². The number of amidine groups is 1. The lowest BCUT2D eigenvalue weighted by atomic mass is 9.96. The van der Waals surface area contributed by atoms with Crippen molar-refractivity contribution in [2.45, 2.75) is 37.8 Å². The van der Waals surface area contributed by atoms with Gasteiger partial charge in [0.2, 0.25) is 0 Å². The molecule has 30 heavy (non-hydrogen) atoms. The number of aromatic nitrogens is 3. The molecule has 1 aliphatic heterocycles. The standard InChI is InChI=1S/C22H23N5O2S/c1-13-9-10-18(14(2)11-13)29-12-19-25-26-22(27(19)4)30-15(3)20-23-17-8-6-5-7-16(17)21(28)24-20/h5-11,15-16H,12H2,1-4H3. The molecule has 7 nitrogen and oxygen atoms in total. The molecule has 2 atom stereocenters. The van der Waals surface area contributed by atoms with Crippen LogP contribution < -0.4 is 4.74 Å². The number of benzene rings is 1. The average molecular weight is 422 g/mol. The van der Waals surface area contributed by atoms with E-state index in [2.05, 4.69) is 33.2 Å². The maximum atomic E-state index is 12.3. The van der Waals surface area contributed by atoms with Crippen LogP contribution in [0.2, 0.25) is 0 Å². The van der Waals surface area contributed by atoms with E-state index in [0.29, 0.717) is 12.4 Å². The fraction of sp³-hybridized carbons (Fsp3) is 0.318. The zero-order valence-electron chi connectivity index (χ0n) is 17.4. The van der Waals surface area contributed by atoms with Crippen molar-refractivity contribution >= 4 is 29.2 Å². The Morgan fingerprint density at radius 3 is 2.83 bits per heavy atom. The van der Waals surface area contributed by atoms with E-state index in [0.717, 1.165) is 28.0 Å². The number of fused-ring (bicyclic) bond motifs is 1. The van der Waals surface area contributed by atoms with E-state index in [4.69, 9.17) is 4.74 Å². The molecule has 1 aromatic heterocycles. The summed E-state index contributed by atoms with van der Waals surface area (Å²) in [7, 11) is 1.90. The summed E-state index contributed by atoms with van der Waals surface area (Å²) in [6.45, 7) is 6.37. The molecule has 4 rings (SSSR count). The molecule has 0 saturated heterocycles. The molecule has 0 saturated carbocycles. The quantitative estimate of drug-likeness (QED) is 0.666. The SMILES string of the molecule is Cc1ccc(OCc2nnc(SC(C)C3=NC(=O)C4C=CC=CC4=N3)n2C)c(C)c1. The summed E-state index contributed by atoms with van der Waals surface area (Å²) in [5.74, 6) is 1.52. The number of carbonyl (C=O) groups is 1. The lowest BCUT2D eigenvalue weighted by molar-refractivity contribution is -0.118. The molecule has 8 heteroatoms. The van der Waals surface area contributed by atoms with Gasteiger partial charge in [-0.25, -0.2) is 4.99 Å². The van der Waals surface area contributed by atoms with Gasteiger partial charge < -0.3 is 9.30 Å². The van der Waals surface area contributed by atoms with Gasteiger partial charge in [-0.3, -0.25) is 4.79 Å². The number of thioether (sulfide) groups is 1. The summed E-state index contributed by atoms with van der Waals surface area (Å²) in [4.78, 5) is 21.1. The van der Waals surface area contributed by atoms with Crippen molar-refractivity contribution in [1.29, 1.82) is 0 Å². The zero-order valence-corrected chi connectivity index (χ0v) is 18.2. The van der Waals surface area contributed by atoms with Crippen LogP contribution in [0.3, 0.4) is 0 Å². The van der Waals surface area contributed by atoms with Crippen LogP contribution in [0.4, 0.5) is 0 Å². The zero-order chi connectivity index (χ0) is 21.3. The first-order chi connectivity index (χ1) is 14.4. The first-order valence-electron chi connectivity index (χ1n) is 9.73. The van der Waals surface area contributed by atoms with Crippen molar-refractivity contribution in [3.63, 3.8) is 0 Å². The van der Waals surface area contributed by atoms with Gasteiger partial charge in [0, 0.05) is 7.05 Å². The molecule has 0 N–H and O–H groups in total. The number of hydrogen-bond donors (Lipinski definition) is 0. The van der Waals surface area contributed by atoms with Crippen LogP contribution in [0.1, 0.15) is 23.9 Å². The predicted octanol–water partition coefficient (Wildman–Crippen LogP) is 3.61. The smallest absolute Gasteiger partial charge is 0.260 e. The fourth-order valence-electron chi connectivity index (χ4n) is 3.26. The number of rotatable bonds is 6. The van der Waals surface area contributed by atoms with Gasteiger partial charge in [-0.1, -0.05) is 47.7 Å². The average Bonchev–Trinajstić information content (AvgIpc) is 3.07. The fourth-order valence-corrected chi connectivity index (χ4v) is 4.14. The molecular formula is C22H23N5O2S. The monoisotopic (exact) mass is 421 g/mol. The van der Waals surface area contributed by atoms with Crippen molar-refractivity contribution < 1.29 is 9.53 Å². The van der Waals surface area contributed by atoms with Crippen molar-refractivity contribution in [3.8, 4) is 5.75 Å². The maximum Gasteiger partial charge on any atom is 0.260 e. The van der Waals surface area contributed by atoms with E-state index in [1.54, 1.807) is 0 Å². The largest absolute Gasteiger partial charge is 0.485 e. The van der Waals surface area contributed by atoms with E-state index >= 15 is 0 Å². The number of aliphatic imine (C=N–C) groups is 2. The molecule has 2 aromatic rings. The minimum absolute atomic E-state index is 0.141. The molecule has 154 valence electrons. The first kappa shape index (κ1) is 20.3. The number of carbonyl (C=O) groups excluding carboxylic acids is 1. The second-order valence-corrected chi connectivity index (χ2v) is 8.65. The maximum absolute atomic E-state index is 12.3. The molecule has 1 aliphatic carbocycles. The highest BCUT2D eigenvalue weighted by atomic mass is 32.2. The summed E-state index contributed by atoms with van der Waals surface area (Å²) in [6, 6.07) is 6.08. The van der Waals surface area contributed by atoms with E-state index in [-0.39, 0.29) is 17.1 Å². The van der Waals surface area contributed by atoms with E-state index < -0.39 is 0 Å². The molecule has 0 spiro atoms. The van der Waals surface area contributed by atoms with Gasteiger partial charge in [-0.2, -0.15) is 4.99 Å².